The lowest BCUT2D eigenvalue weighted by Crippen LogP contribution is -2.50. The number of aromatic nitrogens is 1. The molecule has 0 saturated carbocycles. The summed E-state index contributed by atoms with van der Waals surface area (Å²) in [5.74, 6) is -1.60. The normalized spacial score (nSPS) is 17.4. The Labute approximate surface area is 275 Å². The summed E-state index contributed by atoms with van der Waals surface area (Å²) in [5, 5.41) is 6.70. The van der Waals surface area contributed by atoms with Crippen molar-refractivity contribution in [2.75, 3.05) is 6.61 Å². The molecule has 0 spiro atoms. The number of amides is 2. The van der Waals surface area contributed by atoms with Crippen LogP contribution in [-0.4, -0.2) is 52.8 Å². The Hall–Kier alpha value is -4.76. The number of ketones is 2. The molecule has 0 aliphatic carbocycles. The number of hydrogen-bond acceptors (Lipinski definition) is 6. The molecular weight excluding hydrogens is 594 g/mol. The number of H-pyrrole nitrogens is 1. The average Bonchev–Trinajstić information content (AvgIpc) is 3.70. The van der Waals surface area contributed by atoms with Gasteiger partial charge in [0, 0.05) is 29.4 Å². The van der Waals surface area contributed by atoms with E-state index >= 15 is 0 Å². The van der Waals surface area contributed by atoms with E-state index in [-0.39, 0.29) is 36.9 Å². The van der Waals surface area contributed by atoms with Crippen LogP contribution >= 0.6 is 0 Å². The molecule has 2 amide bonds. The fourth-order valence-corrected chi connectivity index (χ4v) is 5.83. The summed E-state index contributed by atoms with van der Waals surface area (Å²) in [5.41, 5.74) is 2.59. The van der Waals surface area contributed by atoms with Crippen LogP contribution < -0.4 is 10.6 Å². The number of hydrogen-bond donors (Lipinski definition) is 3. The highest BCUT2D eigenvalue weighted by Gasteiger charge is 2.50. The van der Waals surface area contributed by atoms with Gasteiger partial charge in [-0.05, 0) is 54.9 Å². The van der Waals surface area contributed by atoms with Gasteiger partial charge in [0.05, 0.1) is 18.7 Å². The summed E-state index contributed by atoms with van der Waals surface area (Å²) in [4.78, 5) is 57.7. The summed E-state index contributed by atoms with van der Waals surface area (Å²) in [6.07, 6.45) is 1.95. The van der Waals surface area contributed by atoms with Crippen LogP contribution in [0.5, 0.6) is 0 Å². The molecule has 4 atom stereocenters. The van der Waals surface area contributed by atoms with E-state index in [2.05, 4.69) is 15.6 Å². The molecule has 47 heavy (non-hydrogen) atoms. The lowest BCUT2D eigenvalue weighted by atomic mass is 9.88. The molecule has 3 aromatic carbocycles. The third kappa shape index (κ3) is 9.16. The number of rotatable bonds is 16. The van der Waals surface area contributed by atoms with Crippen molar-refractivity contribution in [3.05, 3.63) is 108 Å². The SMILES string of the molecule is CC(C)C[C@@H](NC(=O)OCc1ccccc1)C(=O)C[C@@H](Cc1c[nH]c2ccccc12)C(=O)N[C@@H](Cc1ccccc1)C(=O)[C@@]1(C)CO1. The first-order valence-corrected chi connectivity index (χ1v) is 16.2. The van der Waals surface area contributed by atoms with E-state index in [9.17, 15) is 19.2 Å². The Kier molecular flexibility index (Phi) is 10.9. The van der Waals surface area contributed by atoms with Crippen molar-refractivity contribution < 1.29 is 28.7 Å². The molecule has 2 heterocycles. The van der Waals surface area contributed by atoms with E-state index in [0.717, 1.165) is 27.6 Å². The van der Waals surface area contributed by atoms with Crippen LogP contribution in [0, 0.1) is 11.8 Å². The van der Waals surface area contributed by atoms with Gasteiger partial charge in [-0.15, -0.1) is 0 Å². The van der Waals surface area contributed by atoms with Crippen molar-refractivity contribution in [3.8, 4) is 0 Å². The highest BCUT2D eigenvalue weighted by atomic mass is 16.6. The van der Waals surface area contributed by atoms with E-state index in [0.29, 0.717) is 19.4 Å². The molecule has 9 heteroatoms. The number of fused-ring (bicyclic) bond motifs is 1. The van der Waals surface area contributed by atoms with Gasteiger partial charge in [0.15, 0.2) is 11.6 Å². The van der Waals surface area contributed by atoms with Crippen molar-refractivity contribution in [2.24, 2.45) is 11.8 Å². The van der Waals surface area contributed by atoms with Crippen LogP contribution in [-0.2, 0) is 43.3 Å². The van der Waals surface area contributed by atoms with Gasteiger partial charge in [-0.1, -0.05) is 92.7 Å². The summed E-state index contributed by atoms with van der Waals surface area (Å²) < 4.78 is 10.9. The number of Topliss-reactive ketones (excluding diaryl/α,β-unsaturated/α-hetero) is 2. The molecule has 0 bridgehead atoms. The largest absolute Gasteiger partial charge is 0.445 e. The first-order chi connectivity index (χ1) is 22.6. The maximum atomic E-state index is 14.1. The van der Waals surface area contributed by atoms with Gasteiger partial charge < -0.3 is 25.1 Å². The third-order valence-electron chi connectivity index (χ3n) is 8.57. The van der Waals surface area contributed by atoms with Gasteiger partial charge >= 0.3 is 6.09 Å². The monoisotopic (exact) mass is 637 g/mol. The summed E-state index contributed by atoms with van der Waals surface area (Å²) in [6.45, 7) is 6.03. The molecule has 9 nitrogen and oxygen atoms in total. The number of carbonyl (C=O) groups excluding carboxylic acids is 4. The topological polar surface area (TPSA) is 130 Å². The Balaban J connectivity index is 1.36. The van der Waals surface area contributed by atoms with Crippen LogP contribution in [0.2, 0.25) is 0 Å². The van der Waals surface area contributed by atoms with Gasteiger partial charge in [-0.3, -0.25) is 14.4 Å². The van der Waals surface area contributed by atoms with Crippen molar-refractivity contribution in [3.63, 3.8) is 0 Å². The molecular formula is C38H43N3O6. The quantitative estimate of drug-likeness (QED) is 0.135. The Morgan fingerprint density at radius 3 is 2.15 bits per heavy atom. The molecule has 1 aliphatic rings. The standard InChI is InChI=1S/C38H43N3O6/c1-25(2)18-32(41-37(45)46-23-27-14-8-5-9-15-27)34(42)21-28(20-29-22-39-31-17-11-10-16-30(29)31)36(44)40-33(35(43)38(3)24-47-38)19-26-12-6-4-7-13-26/h4-17,22,25,28,32-33,39H,18-21,23-24H2,1-3H3,(H,40,44)(H,41,45)/t28-,32-,33+,38-/m1/s1. The minimum Gasteiger partial charge on any atom is -0.445 e. The molecule has 3 N–H and O–H groups in total. The Morgan fingerprint density at radius 2 is 1.49 bits per heavy atom. The molecule has 0 radical (unpaired) electrons. The number of epoxide rings is 1. The number of nitrogens with one attached hydrogen (secondary N) is 3. The lowest BCUT2D eigenvalue weighted by molar-refractivity contribution is -0.134. The van der Waals surface area contributed by atoms with E-state index in [4.69, 9.17) is 9.47 Å². The van der Waals surface area contributed by atoms with E-state index in [1.54, 1.807) is 6.92 Å². The molecule has 246 valence electrons. The number of para-hydroxylation sites is 1. The lowest BCUT2D eigenvalue weighted by Gasteiger charge is -2.25. The molecule has 5 rings (SSSR count). The highest BCUT2D eigenvalue weighted by Crippen LogP contribution is 2.30. The fourth-order valence-electron chi connectivity index (χ4n) is 5.83. The minimum absolute atomic E-state index is 0.0698. The predicted molar refractivity (Wildman–Crippen MR) is 180 cm³/mol. The van der Waals surface area contributed by atoms with Crippen LogP contribution in [0.3, 0.4) is 0 Å². The van der Waals surface area contributed by atoms with Crippen LogP contribution in [0.25, 0.3) is 10.9 Å². The second-order valence-corrected chi connectivity index (χ2v) is 13.0. The summed E-state index contributed by atoms with van der Waals surface area (Å²) >= 11 is 0. The van der Waals surface area contributed by atoms with Gasteiger partial charge in [0.1, 0.15) is 12.2 Å². The zero-order valence-corrected chi connectivity index (χ0v) is 27.2. The number of alkyl carbamates (subject to hydrolysis) is 1. The second-order valence-electron chi connectivity index (χ2n) is 13.0. The molecule has 0 unspecified atom stereocenters. The van der Waals surface area contributed by atoms with Gasteiger partial charge in [0.25, 0.3) is 0 Å². The number of ether oxygens (including phenoxy) is 2. The maximum Gasteiger partial charge on any atom is 0.408 e. The molecule has 1 saturated heterocycles. The number of benzene rings is 3. The Bertz CT molecular complexity index is 1680. The van der Waals surface area contributed by atoms with Gasteiger partial charge in [-0.2, -0.15) is 0 Å². The fraction of sp³-hybridized carbons (Fsp3) is 0.368. The first-order valence-electron chi connectivity index (χ1n) is 16.2. The minimum atomic E-state index is -0.943. The number of carbonyl (C=O) groups is 4. The molecule has 1 aromatic heterocycles. The summed E-state index contributed by atoms with van der Waals surface area (Å²) in [6, 6.07) is 24.9. The summed E-state index contributed by atoms with van der Waals surface area (Å²) in [7, 11) is 0. The first kappa shape index (κ1) is 33.6. The van der Waals surface area contributed by atoms with E-state index in [1.807, 2.05) is 105 Å². The van der Waals surface area contributed by atoms with Crippen molar-refractivity contribution in [2.45, 2.75) is 70.7 Å². The molecule has 1 fully saturated rings. The van der Waals surface area contributed by atoms with Crippen molar-refractivity contribution in [1.29, 1.82) is 0 Å². The Morgan fingerprint density at radius 1 is 0.851 bits per heavy atom. The zero-order valence-electron chi connectivity index (χ0n) is 27.2. The predicted octanol–water partition coefficient (Wildman–Crippen LogP) is 5.71. The van der Waals surface area contributed by atoms with E-state index < -0.39 is 35.6 Å². The highest BCUT2D eigenvalue weighted by molar-refractivity contribution is 5.98. The van der Waals surface area contributed by atoms with Crippen molar-refractivity contribution >= 4 is 34.5 Å². The molecule has 4 aromatic rings. The van der Waals surface area contributed by atoms with Crippen LogP contribution in [0.1, 0.15) is 50.3 Å². The maximum absolute atomic E-state index is 14.1. The zero-order chi connectivity index (χ0) is 33.4. The average molecular weight is 638 g/mol. The van der Waals surface area contributed by atoms with Crippen molar-refractivity contribution in [1.82, 2.24) is 15.6 Å². The second kappa shape index (κ2) is 15.2. The van der Waals surface area contributed by atoms with Crippen LogP contribution in [0.4, 0.5) is 4.79 Å². The van der Waals surface area contributed by atoms with E-state index in [1.165, 1.54) is 0 Å². The third-order valence-corrected chi connectivity index (χ3v) is 8.57. The number of aromatic amines is 1. The van der Waals surface area contributed by atoms with Gasteiger partial charge in [0.2, 0.25) is 5.91 Å². The molecule has 1 aliphatic heterocycles. The van der Waals surface area contributed by atoms with Crippen LogP contribution in [0.15, 0.2) is 91.1 Å². The van der Waals surface area contributed by atoms with Gasteiger partial charge in [-0.25, -0.2) is 4.79 Å². The smallest absolute Gasteiger partial charge is 0.408 e.